The third-order valence-electron chi connectivity index (χ3n) is 9.53. The van der Waals surface area contributed by atoms with Gasteiger partial charge in [0.1, 0.15) is 36.5 Å². The van der Waals surface area contributed by atoms with E-state index < -0.39 is 14.2 Å². The molecule has 2 saturated carbocycles. The summed E-state index contributed by atoms with van der Waals surface area (Å²) in [5.74, 6) is 1.02. The molecule has 4 aromatic heterocycles. The number of aliphatic hydroxyl groups excluding tert-OH is 1. The van der Waals surface area contributed by atoms with Gasteiger partial charge in [-0.2, -0.15) is 0 Å². The van der Waals surface area contributed by atoms with Crippen LogP contribution in [0, 0.1) is 11.7 Å². The highest BCUT2D eigenvalue weighted by Gasteiger charge is 2.30. The second-order valence-corrected chi connectivity index (χ2v) is 20.0. The Labute approximate surface area is 274 Å². The summed E-state index contributed by atoms with van der Waals surface area (Å²) in [6.07, 6.45) is 8.52. The Kier molecular flexibility index (Phi) is 8.43. The smallest absolute Gasteiger partial charge is 0.283 e. The lowest BCUT2D eigenvalue weighted by Gasteiger charge is -2.21. The monoisotopic (exact) mass is 655 g/mol. The number of aromatic nitrogens is 7. The van der Waals surface area contributed by atoms with Crippen molar-refractivity contribution < 1.29 is 14.2 Å². The third-order valence-corrected chi connectivity index (χ3v) is 11.2. The van der Waals surface area contributed by atoms with Gasteiger partial charge in [-0.05, 0) is 79.1 Å². The number of hydrogen-bond donors (Lipinski definition) is 1. The summed E-state index contributed by atoms with van der Waals surface area (Å²) in [6.45, 7) is 7.66. The normalized spacial score (nSPS) is 16.4. The van der Waals surface area contributed by atoms with E-state index in [-0.39, 0.29) is 29.9 Å². The average molecular weight is 656 g/mol. The first-order valence-corrected chi connectivity index (χ1v) is 20.3. The highest BCUT2D eigenvalue weighted by atomic mass is 28.3. The van der Waals surface area contributed by atoms with E-state index in [1.165, 1.54) is 23.0 Å². The molecule has 0 amide bonds. The van der Waals surface area contributed by atoms with Gasteiger partial charge in [-0.3, -0.25) is 4.79 Å². The lowest BCUT2D eigenvalue weighted by Crippen LogP contribution is -2.25. The Hall–Kier alpha value is -4.00. The molecule has 5 aromatic rings. The molecule has 0 saturated heterocycles. The number of ether oxygens (including phenoxy) is 1. The van der Waals surface area contributed by atoms with Gasteiger partial charge in [0, 0.05) is 38.9 Å². The molecule has 246 valence electrons. The predicted molar refractivity (Wildman–Crippen MR) is 182 cm³/mol. The summed E-state index contributed by atoms with van der Waals surface area (Å²) in [7, 11) is 0.495. The Balaban J connectivity index is 1.35. The topological polar surface area (TPSA) is 113 Å². The van der Waals surface area contributed by atoms with E-state index in [1.54, 1.807) is 17.0 Å². The largest absolute Gasteiger partial charge is 0.387 e. The minimum Gasteiger partial charge on any atom is -0.387 e. The van der Waals surface area contributed by atoms with Crippen LogP contribution in [0.4, 0.5) is 4.39 Å². The van der Waals surface area contributed by atoms with Gasteiger partial charge in [-0.1, -0.05) is 38.5 Å². The molecule has 4 heterocycles. The van der Waals surface area contributed by atoms with E-state index in [9.17, 15) is 14.3 Å². The zero-order chi connectivity index (χ0) is 32.9. The van der Waals surface area contributed by atoms with Crippen molar-refractivity contribution >= 4 is 19.1 Å². The SMILES string of the molecule is Cn1cnnc1-c1cc(F)ccc1-c1cc(C2CC2)nc(-n2cnc3cc(C(O)C4CCCC4)n(COCC[Si](C)(C)C)c3c2=O)c1. The molecule has 2 aliphatic rings. The standard InChI is InChI=1S/C35H42FN7O3Si/c1-41-20-38-40-34(41)27-17-25(36)11-12-26(27)24-15-28(22-9-10-22)39-31(16-24)42-19-37-29-18-30(33(44)23-7-5-6-8-23)43(32(29)35(42)45)21-46-13-14-47(2,3)4/h11-12,15-20,22-23,33,44H,5-10,13-14,21H2,1-4H3. The lowest BCUT2D eigenvalue weighted by atomic mass is 9.98. The van der Waals surface area contributed by atoms with E-state index in [0.717, 1.165) is 61.4 Å². The van der Waals surface area contributed by atoms with Crippen LogP contribution in [0.1, 0.15) is 61.9 Å². The Morgan fingerprint density at radius 3 is 2.53 bits per heavy atom. The molecule has 47 heavy (non-hydrogen) atoms. The summed E-state index contributed by atoms with van der Waals surface area (Å²) < 4.78 is 25.8. The molecule has 7 rings (SSSR count). The van der Waals surface area contributed by atoms with Crippen LogP contribution in [-0.2, 0) is 18.5 Å². The molecule has 2 aliphatic carbocycles. The van der Waals surface area contributed by atoms with E-state index in [4.69, 9.17) is 14.7 Å². The number of aryl methyl sites for hydroxylation is 1. The number of aliphatic hydroxyl groups is 1. The van der Waals surface area contributed by atoms with Crippen molar-refractivity contribution in [2.24, 2.45) is 13.0 Å². The van der Waals surface area contributed by atoms with E-state index in [0.29, 0.717) is 40.5 Å². The summed E-state index contributed by atoms with van der Waals surface area (Å²) in [6, 6.07) is 11.3. The van der Waals surface area contributed by atoms with Gasteiger partial charge in [0.15, 0.2) is 5.82 Å². The highest BCUT2D eigenvalue weighted by molar-refractivity contribution is 6.76. The second-order valence-electron chi connectivity index (χ2n) is 14.4. The fourth-order valence-electron chi connectivity index (χ4n) is 6.64. The molecular weight excluding hydrogens is 614 g/mol. The van der Waals surface area contributed by atoms with Gasteiger partial charge in [0.05, 0.1) is 17.3 Å². The number of hydrogen-bond acceptors (Lipinski definition) is 7. The van der Waals surface area contributed by atoms with Crippen LogP contribution in [0.15, 0.2) is 53.8 Å². The quantitative estimate of drug-likeness (QED) is 0.126. The summed E-state index contributed by atoms with van der Waals surface area (Å²) in [5.41, 5.74) is 4.32. The number of benzene rings is 1. The van der Waals surface area contributed by atoms with Gasteiger partial charge < -0.3 is 19.0 Å². The molecule has 1 unspecified atom stereocenters. The van der Waals surface area contributed by atoms with Gasteiger partial charge in [0.2, 0.25) is 0 Å². The molecule has 12 heteroatoms. The molecule has 1 aromatic carbocycles. The second kappa shape index (κ2) is 12.5. The summed E-state index contributed by atoms with van der Waals surface area (Å²) in [4.78, 5) is 24.1. The number of halogens is 1. The Morgan fingerprint density at radius 1 is 1.04 bits per heavy atom. The molecular formula is C35H42FN7O3Si. The maximum atomic E-state index is 14.6. The number of nitrogens with zero attached hydrogens (tertiary/aromatic N) is 7. The summed E-state index contributed by atoms with van der Waals surface area (Å²) >= 11 is 0. The molecule has 0 spiro atoms. The molecule has 0 radical (unpaired) electrons. The minimum absolute atomic E-state index is 0.139. The molecule has 10 nitrogen and oxygen atoms in total. The predicted octanol–water partition coefficient (Wildman–Crippen LogP) is 6.60. The van der Waals surface area contributed by atoms with Crippen molar-refractivity contribution in [3.8, 4) is 28.3 Å². The van der Waals surface area contributed by atoms with Crippen LogP contribution in [0.3, 0.4) is 0 Å². The van der Waals surface area contributed by atoms with Crippen molar-refractivity contribution in [2.45, 2.75) is 83.0 Å². The average Bonchev–Trinajstić information content (AvgIpc) is 3.39. The summed E-state index contributed by atoms with van der Waals surface area (Å²) in [5, 5.41) is 19.8. The zero-order valence-electron chi connectivity index (χ0n) is 27.5. The van der Waals surface area contributed by atoms with Crippen molar-refractivity contribution in [1.82, 2.24) is 33.9 Å². The molecule has 1 atom stereocenters. The van der Waals surface area contributed by atoms with Gasteiger partial charge >= 0.3 is 0 Å². The van der Waals surface area contributed by atoms with Crippen LogP contribution in [0.5, 0.6) is 0 Å². The van der Waals surface area contributed by atoms with E-state index >= 15 is 0 Å². The van der Waals surface area contributed by atoms with Crippen LogP contribution >= 0.6 is 0 Å². The van der Waals surface area contributed by atoms with Gasteiger partial charge in [0.25, 0.3) is 5.56 Å². The number of fused-ring (bicyclic) bond motifs is 1. The van der Waals surface area contributed by atoms with Gasteiger partial charge in [-0.25, -0.2) is 18.9 Å². The van der Waals surface area contributed by atoms with E-state index in [1.807, 2.05) is 29.8 Å². The number of rotatable bonds is 11. The van der Waals surface area contributed by atoms with Crippen molar-refractivity contribution in [2.75, 3.05) is 6.61 Å². The molecule has 0 aliphatic heterocycles. The maximum Gasteiger partial charge on any atom is 0.283 e. The zero-order valence-corrected chi connectivity index (χ0v) is 28.5. The van der Waals surface area contributed by atoms with E-state index in [2.05, 4.69) is 29.8 Å². The fourth-order valence-corrected chi connectivity index (χ4v) is 7.40. The Bertz CT molecular complexity index is 1990. The van der Waals surface area contributed by atoms with Crippen molar-refractivity contribution in [1.29, 1.82) is 0 Å². The van der Waals surface area contributed by atoms with Crippen LogP contribution in [0.2, 0.25) is 25.7 Å². The third kappa shape index (κ3) is 6.46. The maximum absolute atomic E-state index is 14.6. The van der Waals surface area contributed by atoms with Crippen LogP contribution < -0.4 is 5.56 Å². The van der Waals surface area contributed by atoms with Crippen molar-refractivity contribution in [3.63, 3.8) is 0 Å². The van der Waals surface area contributed by atoms with Gasteiger partial charge in [-0.15, -0.1) is 10.2 Å². The highest BCUT2D eigenvalue weighted by Crippen LogP contribution is 2.42. The molecule has 1 N–H and O–H groups in total. The van der Waals surface area contributed by atoms with Crippen LogP contribution in [0.25, 0.3) is 39.4 Å². The lowest BCUT2D eigenvalue weighted by molar-refractivity contribution is 0.0661. The van der Waals surface area contributed by atoms with Crippen LogP contribution in [-0.4, -0.2) is 53.7 Å². The minimum atomic E-state index is -1.32. The number of pyridine rings is 1. The first kappa shape index (κ1) is 31.6. The first-order valence-electron chi connectivity index (χ1n) is 16.6. The van der Waals surface area contributed by atoms with Crippen molar-refractivity contribution in [3.05, 3.63) is 76.6 Å². The first-order chi connectivity index (χ1) is 22.6. The fraction of sp³-hybridized carbons (Fsp3) is 0.457. The molecule has 0 bridgehead atoms. The Morgan fingerprint density at radius 2 is 1.83 bits per heavy atom. The molecule has 2 fully saturated rings.